The molecule has 1 fully saturated rings. The predicted octanol–water partition coefficient (Wildman–Crippen LogP) is -0.829. The van der Waals surface area contributed by atoms with Gasteiger partial charge in [-0.3, -0.25) is 9.59 Å². The molecule has 40 heavy (non-hydrogen) atoms. The van der Waals surface area contributed by atoms with Crippen molar-refractivity contribution in [1.82, 2.24) is 0 Å². The van der Waals surface area contributed by atoms with E-state index in [9.17, 15) is 31.5 Å². The molecular formula is C27H29NaO10S2. The van der Waals surface area contributed by atoms with Crippen LogP contribution in [0, 0.1) is 11.3 Å². The second kappa shape index (κ2) is 12.9. The summed E-state index contributed by atoms with van der Waals surface area (Å²) < 4.78 is 69.1. The molecule has 0 N–H and O–H groups in total. The first-order chi connectivity index (χ1) is 18.3. The summed E-state index contributed by atoms with van der Waals surface area (Å²) in [4.78, 5) is 25.0. The van der Waals surface area contributed by atoms with Crippen molar-refractivity contribution in [2.75, 3.05) is 21.3 Å². The molecule has 3 rings (SSSR count). The Hall–Kier alpha value is -2.64. The molecule has 0 aromatic heterocycles. The number of esters is 2. The van der Waals surface area contributed by atoms with Gasteiger partial charge < -0.3 is 19.3 Å². The molecule has 13 heteroatoms. The van der Waals surface area contributed by atoms with Crippen LogP contribution in [0.5, 0.6) is 0 Å². The van der Waals surface area contributed by atoms with Gasteiger partial charge in [0.1, 0.15) is 4.75 Å². The van der Waals surface area contributed by atoms with Crippen LogP contribution in [0.2, 0.25) is 0 Å². The minimum absolute atomic E-state index is 0. The molecule has 10 nitrogen and oxygen atoms in total. The summed E-state index contributed by atoms with van der Waals surface area (Å²) in [6, 6.07) is 13.9. The molecule has 0 aliphatic heterocycles. The fraction of sp³-hybridized carbons (Fsp3) is 0.333. The smallest absolute Gasteiger partial charge is 0.617 e. The van der Waals surface area contributed by atoms with Gasteiger partial charge in [-0.2, -0.15) is 0 Å². The zero-order valence-electron chi connectivity index (χ0n) is 22.7. The zero-order chi connectivity index (χ0) is 29.1. The van der Waals surface area contributed by atoms with E-state index >= 15 is 0 Å². The Kier molecular flexibility index (Phi) is 10.8. The molecule has 0 saturated heterocycles. The van der Waals surface area contributed by atoms with Gasteiger partial charge in [0, 0.05) is 11.9 Å². The van der Waals surface area contributed by atoms with Crippen LogP contribution in [0.25, 0.3) is 0 Å². The van der Waals surface area contributed by atoms with Crippen LogP contribution in [-0.4, -0.2) is 54.9 Å². The number of sulfone groups is 2. The Morgan fingerprint density at radius 2 is 1.35 bits per heavy atom. The molecule has 2 aromatic carbocycles. The van der Waals surface area contributed by atoms with E-state index in [1.807, 2.05) is 0 Å². The van der Waals surface area contributed by atoms with Crippen LogP contribution in [0.3, 0.4) is 0 Å². The first kappa shape index (κ1) is 33.6. The normalized spacial score (nSPS) is 20.9. The molecule has 0 heterocycles. The van der Waals surface area contributed by atoms with Crippen LogP contribution < -0.4 is 34.7 Å². The van der Waals surface area contributed by atoms with Gasteiger partial charge in [0.05, 0.1) is 28.9 Å². The summed E-state index contributed by atoms with van der Waals surface area (Å²) in [7, 11) is -6.32. The fourth-order valence-corrected chi connectivity index (χ4v) is 9.50. The number of ether oxygens (including phenoxy) is 3. The Balaban J connectivity index is 0.00000560. The molecule has 2 atom stereocenters. The monoisotopic (exact) mass is 600 g/mol. The topological polar surface area (TPSA) is 153 Å². The van der Waals surface area contributed by atoms with Gasteiger partial charge in [-0.15, -0.1) is 0 Å². The molecule has 210 valence electrons. The van der Waals surface area contributed by atoms with Gasteiger partial charge in [-0.05, 0) is 50.6 Å². The predicted molar refractivity (Wildman–Crippen MR) is 138 cm³/mol. The van der Waals surface area contributed by atoms with Gasteiger partial charge in [-0.25, -0.2) is 16.8 Å². The number of carbonyl (C=O) groups excluding carboxylic acids is 2. The third-order valence-corrected chi connectivity index (χ3v) is 11.7. The number of hydrogen-bond donors (Lipinski definition) is 0. The summed E-state index contributed by atoms with van der Waals surface area (Å²) in [5.74, 6) is -4.52. The minimum Gasteiger partial charge on any atom is -0.617 e. The largest absolute Gasteiger partial charge is 1.00 e. The van der Waals surface area contributed by atoms with Crippen molar-refractivity contribution < 1.29 is 75.3 Å². The van der Waals surface area contributed by atoms with Crippen LogP contribution in [-0.2, 0) is 43.5 Å². The Labute approximate surface area is 256 Å². The molecule has 2 unspecified atom stereocenters. The van der Waals surface area contributed by atoms with E-state index in [-0.39, 0.29) is 52.2 Å². The van der Waals surface area contributed by atoms with Gasteiger partial charge >= 0.3 is 41.5 Å². The number of rotatable bonds is 9. The number of allylic oxidation sites excluding steroid dienone is 1. The SMILES string of the molecule is C=C(C1(S(=O)(=O)c2ccccc2)CC(C(=O)OC)(C(=O)OC)CCC1C=C([O-])OC)S(=O)(=O)c1ccccc1.[Na+]. The average molecular weight is 601 g/mol. The molecular weight excluding hydrogens is 571 g/mol. The van der Waals surface area contributed by atoms with E-state index in [4.69, 9.17) is 14.2 Å². The number of methoxy groups -OCH3 is 3. The van der Waals surface area contributed by atoms with Crippen LogP contribution in [0.15, 0.2) is 94.0 Å². The van der Waals surface area contributed by atoms with E-state index in [0.717, 1.165) is 27.4 Å². The number of hydrogen-bond acceptors (Lipinski definition) is 10. The van der Waals surface area contributed by atoms with E-state index < -0.39 is 65.0 Å². The average Bonchev–Trinajstić information content (AvgIpc) is 2.96. The molecule has 0 radical (unpaired) electrons. The Morgan fingerprint density at radius 1 is 0.875 bits per heavy atom. The first-order valence-electron chi connectivity index (χ1n) is 11.7. The Bertz CT molecular complexity index is 1470. The third-order valence-electron chi connectivity index (χ3n) is 7.12. The van der Waals surface area contributed by atoms with Crippen molar-refractivity contribution in [1.29, 1.82) is 0 Å². The van der Waals surface area contributed by atoms with E-state index in [0.29, 0.717) is 0 Å². The van der Waals surface area contributed by atoms with Crippen molar-refractivity contribution in [3.05, 3.63) is 84.2 Å². The number of carbonyl (C=O) groups is 2. The molecule has 1 saturated carbocycles. The molecule has 0 bridgehead atoms. The van der Waals surface area contributed by atoms with Crippen LogP contribution in [0.1, 0.15) is 19.3 Å². The second-order valence-corrected chi connectivity index (χ2v) is 13.2. The summed E-state index contributed by atoms with van der Waals surface area (Å²) in [5.41, 5.74) is -2.22. The van der Waals surface area contributed by atoms with E-state index in [1.165, 1.54) is 48.5 Å². The fourth-order valence-electron chi connectivity index (χ4n) is 5.10. The molecule has 0 amide bonds. The third kappa shape index (κ3) is 5.60. The maximum absolute atomic E-state index is 14.6. The number of benzene rings is 2. The van der Waals surface area contributed by atoms with Gasteiger partial charge in [0.15, 0.2) is 15.3 Å². The standard InChI is InChI=1S/C27H30O10S2.Na/c1-19(38(31,32)21-11-7-5-8-12-21)27(39(33,34)22-13-9-6-10-14-22)18-26(24(29)36-3,25(30)37-4)16-15-20(27)17-23(28)35-2;/h5-14,17,20,28H,1,15-16,18H2,2-4H3;/q;+1/p-1. The van der Waals surface area contributed by atoms with Gasteiger partial charge in [0.25, 0.3) is 0 Å². The second-order valence-electron chi connectivity index (χ2n) is 9.02. The van der Waals surface area contributed by atoms with E-state index in [1.54, 1.807) is 12.1 Å². The quantitative estimate of drug-likeness (QED) is 0.154. The molecule has 0 spiro atoms. The van der Waals surface area contributed by atoms with E-state index in [2.05, 4.69) is 6.58 Å². The van der Waals surface area contributed by atoms with Gasteiger partial charge in [0.2, 0.25) is 9.84 Å². The van der Waals surface area contributed by atoms with Crippen molar-refractivity contribution in [3.63, 3.8) is 0 Å². The molecule has 1 aliphatic carbocycles. The maximum Gasteiger partial charge on any atom is 1.00 e. The maximum atomic E-state index is 14.6. The summed E-state index contributed by atoms with van der Waals surface area (Å²) in [6.07, 6.45) is -0.561. The zero-order valence-corrected chi connectivity index (χ0v) is 26.3. The minimum atomic E-state index is -4.80. The summed E-state index contributed by atoms with van der Waals surface area (Å²) >= 11 is 0. The van der Waals surface area contributed by atoms with Crippen LogP contribution in [0.4, 0.5) is 0 Å². The Morgan fingerprint density at radius 3 is 1.80 bits per heavy atom. The van der Waals surface area contributed by atoms with Crippen LogP contribution >= 0.6 is 0 Å². The van der Waals surface area contributed by atoms with Gasteiger partial charge in [-0.1, -0.05) is 49.1 Å². The molecule has 1 aliphatic rings. The van der Waals surface area contributed by atoms with Crippen molar-refractivity contribution >= 4 is 31.6 Å². The molecule has 2 aromatic rings. The van der Waals surface area contributed by atoms with Crippen molar-refractivity contribution in [2.45, 2.75) is 33.8 Å². The first-order valence-corrected chi connectivity index (χ1v) is 14.7. The van der Waals surface area contributed by atoms with Crippen molar-refractivity contribution in [2.24, 2.45) is 11.3 Å². The summed E-state index contributed by atoms with van der Waals surface area (Å²) in [5, 5.41) is 12.5. The summed E-state index contributed by atoms with van der Waals surface area (Å²) in [6.45, 7) is 3.77. The van der Waals surface area contributed by atoms with Crippen molar-refractivity contribution in [3.8, 4) is 0 Å².